The Hall–Kier alpha value is -1.40. The van der Waals surface area contributed by atoms with Gasteiger partial charge in [-0.1, -0.05) is 22.9 Å². The van der Waals surface area contributed by atoms with Gasteiger partial charge in [0.15, 0.2) is 0 Å². The van der Waals surface area contributed by atoms with E-state index in [-0.39, 0.29) is 19.0 Å². The van der Waals surface area contributed by atoms with E-state index in [1.807, 2.05) is 19.1 Å². The number of likely N-dealkylation sites (N-methyl/N-ethyl adjacent to an activating group) is 1. The van der Waals surface area contributed by atoms with Crippen LogP contribution in [0.1, 0.15) is 6.92 Å². The van der Waals surface area contributed by atoms with Crippen LogP contribution in [0.2, 0.25) is 0 Å². The van der Waals surface area contributed by atoms with Crippen molar-refractivity contribution >= 4 is 33.5 Å². The van der Waals surface area contributed by atoms with Crippen LogP contribution in [0.25, 0.3) is 0 Å². The molecule has 0 heterocycles. The fourth-order valence-electron chi connectivity index (χ4n) is 1.41. The van der Waals surface area contributed by atoms with Gasteiger partial charge in [0, 0.05) is 10.2 Å². The van der Waals surface area contributed by atoms with Crippen LogP contribution in [-0.4, -0.2) is 41.5 Å². The summed E-state index contributed by atoms with van der Waals surface area (Å²) in [5.41, 5.74) is 0.689. The van der Waals surface area contributed by atoms with E-state index in [1.54, 1.807) is 17.0 Å². The Kier molecular flexibility index (Phi) is 5.80. The maximum atomic E-state index is 11.7. The molecule has 6 heteroatoms. The highest BCUT2D eigenvalue weighted by Crippen LogP contribution is 2.13. The first-order chi connectivity index (χ1) is 8.51. The second-order valence-corrected chi connectivity index (χ2v) is 4.67. The Morgan fingerprint density at radius 2 is 1.89 bits per heavy atom. The van der Waals surface area contributed by atoms with Gasteiger partial charge in [0.25, 0.3) is 0 Å². The lowest BCUT2D eigenvalue weighted by molar-refractivity contribution is -0.138. The number of aliphatic carboxylic acids is 1. The van der Waals surface area contributed by atoms with Crippen molar-refractivity contribution in [1.29, 1.82) is 0 Å². The summed E-state index contributed by atoms with van der Waals surface area (Å²) in [6, 6.07) is 7.19. The molecule has 1 amide bonds. The molecule has 0 aliphatic carbocycles. The number of carboxylic acid groups (broad SMARTS) is 1. The molecule has 0 saturated carbocycles. The highest BCUT2D eigenvalue weighted by Gasteiger charge is 2.12. The van der Waals surface area contributed by atoms with Crippen LogP contribution < -0.4 is 5.32 Å². The van der Waals surface area contributed by atoms with Crippen molar-refractivity contribution in [1.82, 2.24) is 4.90 Å². The number of amides is 1. The van der Waals surface area contributed by atoms with Crippen molar-refractivity contribution in [3.05, 3.63) is 28.7 Å². The van der Waals surface area contributed by atoms with Crippen molar-refractivity contribution < 1.29 is 14.7 Å². The van der Waals surface area contributed by atoms with Crippen LogP contribution in [0, 0.1) is 0 Å². The number of halogens is 1. The lowest BCUT2D eigenvalue weighted by atomic mass is 10.3. The normalized spacial score (nSPS) is 10.4. The summed E-state index contributed by atoms with van der Waals surface area (Å²) in [4.78, 5) is 23.8. The van der Waals surface area contributed by atoms with E-state index in [0.29, 0.717) is 12.2 Å². The van der Waals surface area contributed by atoms with Crippen LogP contribution in [0.15, 0.2) is 28.7 Å². The van der Waals surface area contributed by atoms with Crippen LogP contribution in [0.3, 0.4) is 0 Å². The number of hydrogen-bond acceptors (Lipinski definition) is 3. The number of carbonyl (C=O) groups excluding carboxylic acids is 1. The molecule has 0 spiro atoms. The van der Waals surface area contributed by atoms with E-state index in [9.17, 15) is 9.59 Å². The van der Waals surface area contributed by atoms with Crippen molar-refractivity contribution in [3.63, 3.8) is 0 Å². The maximum absolute atomic E-state index is 11.7. The van der Waals surface area contributed by atoms with Gasteiger partial charge in [0.2, 0.25) is 5.91 Å². The first kappa shape index (κ1) is 14.7. The molecular formula is C12H15BrN2O3. The molecule has 0 unspecified atom stereocenters. The fraction of sp³-hybridized carbons (Fsp3) is 0.333. The van der Waals surface area contributed by atoms with E-state index in [4.69, 9.17) is 5.11 Å². The van der Waals surface area contributed by atoms with Gasteiger partial charge in [0.05, 0.1) is 13.1 Å². The van der Waals surface area contributed by atoms with Gasteiger partial charge >= 0.3 is 5.97 Å². The van der Waals surface area contributed by atoms with E-state index in [1.165, 1.54) is 0 Å². The zero-order chi connectivity index (χ0) is 13.5. The van der Waals surface area contributed by atoms with E-state index in [2.05, 4.69) is 21.2 Å². The van der Waals surface area contributed by atoms with E-state index in [0.717, 1.165) is 4.47 Å². The Bertz CT molecular complexity index is 420. The lowest BCUT2D eigenvalue weighted by Gasteiger charge is -2.17. The third kappa shape index (κ3) is 5.29. The number of benzene rings is 1. The van der Waals surface area contributed by atoms with Gasteiger partial charge < -0.3 is 10.4 Å². The number of hydrogen-bond donors (Lipinski definition) is 2. The van der Waals surface area contributed by atoms with Crippen molar-refractivity contribution in [2.45, 2.75) is 6.92 Å². The predicted molar refractivity (Wildman–Crippen MR) is 72.5 cm³/mol. The molecule has 0 aliphatic heterocycles. The molecule has 18 heavy (non-hydrogen) atoms. The van der Waals surface area contributed by atoms with Gasteiger partial charge in [-0.15, -0.1) is 0 Å². The molecule has 0 fully saturated rings. The zero-order valence-electron chi connectivity index (χ0n) is 10.0. The Morgan fingerprint density at radius 3 is 2.39 bits per heavy atom. The Labute approximate surface area is 114 Å². The minimum atomic E-state index is -0.937. The Morgan fingerprint density at radius 1 is 1.28 bits per heavy atom. The van der Waals surface area contributed by atoms with E-state index < -0.39 is 5.97 Å². The van der Waals surface area contributed by atoms with Crippen LogP contribution >= 0.6 is 15.9 Å². The second-order valence-electron chi connectivity index (χ2n) is 3.75. The van der Waals surface area contributed by atoms with E-state index >= 15 is 0 Å². The minimum Gasteiger partial charge on any atom is -0.480 e. The SMILES string of the molecule is CCN(CC(=O)O)CC(=O)Nc1ccc(Br)cc1. The molecule has 0 aliphatic rings. The average Bonchev–Trinajstić information content (AvgIpc) is 2.30. The average molecular weight is 315 g/mol. The maximum Gasteiger partial charge on any atom is 0.317 e. The molecule has 0 aromatic heterocycles. The number of carboxylic acids is 1. The zero-order valence-corrected chi connectivity index (χ0v) is 11.6. The molecule has 5 nitrogen and oxygen atoms in total. The summed E-state index contributed by atoms with van der Waals surface area (Å²) in [5, 5.41) is 11.4. The third-order valence-corrected chi connectivity index (χ3v) is 2.83. The highest BCUT2D eigenvalue weighted by molar-refractivity contribution is 9.10. The first-order valence-corrected chi connectivity index (χ1v) is 6.30. The third-order valence-electron chi connectivity index (χ3n) is 2.30. The second kappa shape index (κ2) is 7.13. The summed E-state index contributed by atoms with van der Waals surface area (Å²) in [6.07, 6.45) is 0. The summed E-state index contributed by atoms with van der Waals surface area (Å²) >= 11 is 3.30. The molecule has 98 valence electrons. The van der Waals surface area contributed by atoms with Crippen molar-refractivity contribution in [2.75, 3.05) is 25.0 Å². The summed E-state index contributed by atoms with van der Waals surface area (Å²) < 4.78 is 0.932. The fourth-order valence-corrected chi connectivity index (χ4v) is 1.67. The number of nitrogens with zero attached hydrogens (tertiary/aromatic N) is 1. The summed E-state index contributed by atoms with van der Waals surface area (Å²) in [5.74, 6) is -1.16. The van der Waals surface area contributed by atoms with Gasteiger partial charge in [-0.3, -0.25) is 14.5 Å². The number of rotatable bonds is 6. The standard InChI is InChI=1S/C12H15BrN2O3/c1-2-15(8-12(17)18)7-11(16)14-10-5-3-9(13)4-6-10/h3-6H,2,7-8H2,1H3,(H,14,16)(H,17,18). The number of nitrogens with one attached hydrogen (secondary N) is 1. The molecule has 0 radical (unpaired) electrons. The van der Waals surface area contributed by atoms with Gasteiger partial charge in [0.1, 0.15) is 0 Å². The largest absolute Gasteiger partial charge is 0.480 e. The minimum absolute atomic E-state index is 0.0683. The monoisotopic (exact) mass is 314 g/mol. The molecule has 0 saturated heterocycles. The molecular weight excluding hydrogens is 300 g/mol. The van der Waals surface area contributed by atoms with Crippen molar-refractivity contribution in [3.8, 4) is 0 Å². The lowest BCUT2D eigenvalue weighted by Crippen LogP contribution is -2.36. The molecule has 1 aromatic carbocycles. The topological polar surface area (TPSA) is 69.6 Å². The molecule has 1 rings (SSSR count). The molecule has 1 aromatic rings. The number of anilines is 1. The van der Waals surface area contributed by atoms with Crippen LogP contribution in [-0.2, 0) is 9.59 Å². The Balaban J connectivity index is 2.49. The van der Waals surface area contributed by atoms with Crippen LogP contribution in [0.4, 0.5) is 5.69 Å². The molecule has 2 N–H and O–H groups in total. The quantitative estimate of drug-likeness (QED) is 0.840. The first-order valence-electron chi connectivity index (χ1n) is 5.51. The van der Waals surface area contributed by atoms with Gasteiger partial charge in [-0.25, -0.2) is 0 Å². The van der Waals surface area contributed by atoms with Crippen LogP contribution in [0.5, 0.6) is 0 Å². The summed E-state index contributed by atoms with van der Waals surface area (Å²) in [6.45, 7) is 2.26. The highest BCUT2D eigenvalue weighted by atomic mass is 79.9. The predicted octanol–water partition coefficient (Wildman–Crippen LogP) is 1.79. The molecule has 0 bridgehead atoms. The smallest absolute Gasteiger partial charge is 0.317 e. The molecule has 0 atom stereocenters. The van der Waals surface area contributed by atoms with Gasteiger partial charge in [-0.05, 0) is 30.8 Å². The number of carbonyl (C=O) groups is 2. The van der Waals surface area contributed by atoms with Gasteiger partial charge in [-0.2, -0.15) is 0 Å². The van der Waals surface area contributed by atoms with Crippen molar-refractivity contribution in [2.24, 2.45) is 0 Å². The summed E-state index contributed by atoms with van der Waals surface area (Å²) in [7, 11) is 0.